The number of rotatable bonds is 1. The maximum atomic E-state index is 6.11. The third-order valence-corrected chi connectivity index (χ3v) is 2.67. The van der Waals surface area contributed by atoms with Crippen LogP contribution in [0.5, 0.6) is 11.5 Å². The van der Waals surface area contributed by atoms with Gasteiger partial charge in [-0.3, -0.25) is 0 Å². The van der Waals surface area contributed by atoms with Crippen molar-refractivity contribution in [3.05, 3.63) is 23.4 Å². The van der Waals surface area contributed by atoms with E-state index in [9.17, 15) is 0 Å². The van der Waals surface area contributed by atoms with Crippen molar-refractivity contribution in [2.45, 2.75) is 0 Å². The molecule has 0 radical (unpaired) electrons. The van der Waals surface area contributed by atoms with Crippen LogP contribution in [0.1, 0.15) is 0 Å². The van der Waals surface area contributed by atoms with Gasteiger partial charge in [0.2, 0.25) is 12.7 Å². The predicted octanol–water partition coefficient (Wildman–Crippen LogP) is 2.31. The van der Waals surface area contributed by atoms with Crippen LogP contribution in [0.2, 0.25) is 5.02 Å². The van der Waals surface area contributed by atoms with Gasteiger partial charge < -0.3 is 19.7 Å². The Kier molecular flexibility index (Phi) is 1.94. The van der Waals surface area contributed by atoms with Gasteiger partial charge in [0.05, 0.1) is 22.3 Å². The second-order valence-electron chi connectivity index (χ2n) is 3.26. The summed E-state index contributed by atoms with van der Waals surface area (Å²) < 4.78 is 15.4. The summed E-state index contributed by atoms with van der Waals surface area (Å²) in [6.45, 7) is 0.174. The largest absolute Gasteiger partial charge is 0.454 e. The van der Waals surface area contributed by atoms with Gasteiger partial charge in [-0.15, -0.1) is 0 Å². The molecule has 0 bridgehead atoms. The van der Waals surface area contributed by atoms with E-state index >= 15 is 0 Å². The number of aromatic nitrogens is 1. The molecule has 0 saturated carbocycles. The Balaban J connectivity index is 2.28. The fraction of sp³-hybridized carbons (Fsp3) is 0.100. The predicted molar refractivity (Wildman–Crippen MR) is 57.5 cm³/mol. The Bertz CT molecular complexity index is 553. The van der Waals surface area contributed by atoms with Crippen LogP contribution >= 0.6 is 11.6 Å². The van der Waals surface area contributed by atoms with Crippen LogP contribution < -0.4 is 15.2 Å². The molecule has 16 heavy (non-hydrogen) atoms. The van der Waals surface area contributed by atoms with E-state index in [1.807, 2.05) is 0 Å². The normalized spacial score (nSPS) is 13.1. The number of hydrogen-bond acceptors (Lipinski definition) is 5. The first-order chi connectivity index (χ1) is 7.77. The molecule has 6 heteroatoms. The van der Waals surface area contributed by atoms with Gasteiger partial charge in [0.1, 0.15) is 0 Å². The lowest BCUT2D eigenvalue weighted by Crippen LogP contribution is -1.94. The summed E-state index contributed by atoms with van der Waals surface area (Å²) in [7, 11) is 0. The van der Waals surface area contributed by atoms with E-state index in [-0.39, 0.29) is 12.7 Å². The van der Waals surface area contributed by atoms with Gasteiger partial charge in [0, 0.05) is 0 Å². The highest BCUT2D eigenvalue weighted by atomic mass is 35.5. The van der Waals surface area contributed by atoms with Crippen molar-refractivity contribution in [2.75, 3.05) is 12.5 Å². The van der Waals surface area contributed by atoms with Crippen LogP contribution in [0, 0.1) is 0 Å². The highest BCUT2D eigenvalue weighted by Crippen LogP contribution is 2.46. The third kappa shape index (κ3) is 1.22. The van der Waals surface area contributed by atoms with E-state index in [4.69, 9.17) is 31.3 Å². The number of nitrogen functional groups attached to an aromatic ring is 1. The van der Waals surface area contributed by atoms with Crippen LogP contribution in [0.4, 0.5) is 5.88 Å². The van der Waals surface area contributed by atoms with Gasteiger partial charge >= 0.3 is 0 Å². The first kappa shape index (κ1) is 9.35. The van der Waals surface area contributed by atoms with E-state index in [1.54, 1.807) is 12.1 Å². The minimum Gasteiger partial charge on any atom is -0.454 e. The first-order valence-electron chi connectivity index (χ1n) is 4.56. The highest BCUT2D eigenvalue weighted by molar-refractivity contribution is 6.34. The number of anilines is 1. The number of nitrogens with two attached hydrogens (primary N) is 1. The Morgan fingerprint density at radius 1 is 1.31 bits per heavy atom. The Labute approximate surface area is 95.7 Å². The molecule has 2 N–H and O–H groups in total. The zero-order chi connectivity index (χ0) is 11.1. The van der Waals surface area contributed by atoms with Crippen molar-refractivity contribution in [2.24, 2.45) is 0 Å². The molecule has 2 heterocycles. The molecule has 0 saturated heterocycles. The van der Waals surface area contributed by atoms with Crippen LogP contribution in [-0.4, -0.2) is 11.9 Å². The van der Waals surface area contributed by atoms with Crippen LogP contribution in [-0.2, 0) is 0 Å². The smallest absolute Gasteiger partial charge is 0.231 e. The van der Waals surface area contributed by atoms with Gasteiger partial charge in [-0.1, -0.05) is 16.8 Å². The molecule has 5 nitrogen and oxygen atoms in total. The standard InChI is InChI=1S/C10H7ClN2O3/c11-6-1-2-7-9(15-4-14-7)8(6)5-3-13-16-10(5)12/h1-3H,4,12H2. The van der Waals surface area contributed by atoms with Crippen LogP contribution in [0.25, 0.3) is 11.1 Å². The molecule has 0 amide bonds. The third-order valence-electron chi connectivity index (χ3n) is 2.36. The Hall–Kier alpha value is -1.88. The second kappa shape index (κ2) is 3.31. The van der Waals surface area contributed by atoms with Crippen molar-refractivity contribution in [3.8, 4) is 22.6 Å². The van der Waals surface area contributed by atoms with Gasteiger partial charge in [-0.2, -0.15) is 0 Å². The molecule has 1 aromatic heterocycles. The summed E-state index contributed by atoms with van der Waals surface area (Å²) in [5.74, 6) is 1.41. The van der Waals surface area contributed by atoms with E-state index in [1.165, 1.54) is 6.20 Å². The number of nitrogens with zero attached hydrogens (tertiary/aromatic N) is 1. The average Bonchev–Trinajstić information content (AvgIpc) is 2.87. The molecule has 0 unspecified atom stereocenters. The second-order valence-corrected chi connectivity index (χ2v) is 3.67. The lowest BCUT2D eigenvalue weighted by atomic mass is 10.1. The number of halogens is 1. The SMILES string of the molecule is Nc1oncc1-c1c(Cl)ccc2c1OCO2. The summed E-state index contributed by atoms with van der Waals surface area (Å²) in [5, 5.41) is 4.12. The Morgan fingerprint density at radius 3 is 2.94 bits per heavy atom. The molecule has 0 aliphatic carbocycles. The number of fused-ring (bicyclic) bond motifs is 1. The summed E-state index contributed by atoms with van der Waals surface area (Å²) in [6, 6.07) is 3.47. The van der Waals surface area contributed by atoms with E-state index in [0.29, 0.717) is 27.6 Å². The highest BCUT2D eigenvalue weighted by Gasteiger charge is 2.24. The number of ether oxygens (including phenoxy) is 2. The molecule has 0 fully saturated rings. The minimum atomic E-state index is 0.174. The van der Waals surface area contributed by atoms with E-state index in [0.717, 1.165) is 0 Å². The summed E-state index contributed by atoms with van der Waals surface area (Å²) in [4.78, 5) is 0. The van der Waals surface area contributed by atoms with Crippen molar-refractivity contribution in [1.82, 2.24) is 5.16 Å². The van der Waals surface area contributed by atoms with Gasteiger partial charge in [0.25, 0.3) is 0 Å². The number of hydrogen-bond donors (Lipinski definition) is 1. The molecular formula is C10H7ClN2O3. The fourth-order valence-corrected chi connectivity index (χ4v) is 1.89. The topological polar surface area (TPSA) is 70.5 Å². The first-order valence-corrected chi connectivity index (χ1v) is 4.94. The molecule has 1 aromatic carbocycles. The Morgan fingerprint density at radius 2 is 2.19 bits per heavy atom. The van der Waals surface area contributed by atoms with Crippen molar-refractivity contribution in [1.29, 1.82) is 0 Å². The summed E-state index contributed by atoms with van der Waals surface area (Å²) in [6.07, 6.45) is 1.50. The fourth-order valence-electron chi connectivity index (χ4n) is 1.64. The van der Waals surface area contributed by atoms with Crippen molar-refractivity contribution in [3.63, 3.8) is 0 Å². The average molecular weight is 239 g/mol. The lowest BCUT2D eigenvalue weighted by molar-refractivity contribution is 0.174. The molecule has 2 aromatic rings. The van der Waals surface area contributed by atoms with Crippen LogP contribution in [0.15, 0.2) is 22.9 Å². The zero-order valence-corrected chi connectivity index (χ0v) is 8.82. The lowest BCUT2D eigenvalue weighted by Gasteiger charge is -2.05. The van der Waals surface area contributed by atoms with E-state index < -0.39 is 0 Å². The quantitative estimate of drug-likeness (QED) is 0.826. The maximum Gasteiger partial charge on any atom is 0.231 e. The van der Waals surface area contributed by atoms with Gasteiger partial charge in [-0.05, 0) is 12.1 Å². The van der Waals surface area contributed by atoms with Gasteiger partial charge in [0.15, 0.2) is 11.5 Å². The molecule has 82 valence electrons. The van der Waals surface area contributed by atoms with Crippen molar-refractivity contribution >= 4 is 17.5 Å². The summed E-state index contributed by atoms with van der Waals surface area (Å²) >= 11 is 6.11. The summed E-state index contributed by atoms with van der Waals surface area (Å²) in [5.41, 5.74) is 6.90. The van der Waals surface area contributed by atoms with Crippen molar-refractivity contribution < 1.29 is 14.0 Å². The number of benzene rings is 1. The van der Waals surface area contributed by atoms with Crippen LogP contribution in [0.3, 0.4) is 0 Å². The zero-order valence-electron chi connectivity index (χ0n) is 8.07. The molecule has 1 aliphatic heterocycles. The molecule has 1 aliphatic rings. The van der Waals surface area contributed by atoms with Gasteiger partial charge in [-0.25, -0.2) is 0 Å². The van der Waals surface area contributed by atoms with E-state index in [2.05, 4.69) is 5.16 Å². The molecule has 0 spiro atoms. The maximum absolute atomic E-state index is 6.11. The monoisotopic (exact) mass is 238 g/mol. The molecule has 0 atom stereocenters. The minimum absolute atomic E-state index is 0.174. The molecule has 3 rings (SSSR count). The molecular weight excluding hydrogens is 232 g/mol.